The van der Waals surface area contributed by atoms with Crippen molar-refractivity contribution < 1.29 is 4.74 Å². The highest BCUT2D eigenvalue weighted by molar-refractivity contribution is 7.18. The number of thiazole rings is 1. The lowest BCUT2D eigenvalue weighted by molar-refractivity contribution is 0.124. The van der Waals surface area contributed by atoms with Crippen molar-refractivity contribution in [2.75, 3.05) is 19.8 Å². The number of fused-ring (bicyclic) bond motifs is 1. The summed E-state index contributed by atoms with van der Waals surface area (Å²) in [6.45, 7) is 7.11. The van der Waals surface area contributed by atoms with Crippen molar-refractivity contribution in [3.63, 3.8) is 0 Å². The van der Waals surface area contributed by atoms with Crippen molar-refractivity contribution >= 4 is 21.6 Å². The molecule has 0 fully saturated rings. The molecule has 0 saturated carbocycles. The molecule has 0 amide bonds. The van der Waals surface area contributed by atoms with E-state index in [-0.39, 0.29) is 0 Å². The number of ether oxygens (including phenoxy) is 1. The third-order valence-electron chi connectivity index (χ3n) is 3.40. The highest BCUT2D eigenvalue weighted by Crippen LogP contribution is 2.22. The fourth-order valence-corrected chi connectivity index (χ4v) is 3.36. The highest BCUT2D eigenvalue weighted by atomic mass is 32.1. The van der Waals surface area contributed by atoms with Crippen LogP contribution in [0.1, 0.15) is 38.1 Å². The lowest BCUT2D eigenvalue weighted by Crippen LogP contribution is -2.33. The van der Waals surface area contributed by atoms with Crippen LogP contribution in [0, 0.1) is 0 Å². The SMILES string of the molecule is CCCNC(CCOCCC)Cc1nc2ccccc2s1. The second-order valence-electron chi connectivity index (χ2n) is 5.33. The van der Waals surface area contributed by atoms with Gasteiger partial charge in [0.2, 0.25) is 0 Å². The molecule has 2 rings (SSSR count). The number of hydrogen-bond acceptors (Lipinski definition) is 4. The molecule has 0 aliphatic carbocycles. The second kappa shape index (κ2) is 9.13. The summed E-state index contributed by atoms with van der Waals surface area (Å²) in [6.07, 6.45) is 4.29. The third-order valence-corrected chi connectivity index (χ3v) is 4.46. The minimum absolute atomic E-state index is 0.461. The van der Waals surface area contributed by atoms with Crippen molar-refractivity contribution in [1.82, 2.24) is 10.3 Å². The summed E-state index contributed by atoms with van der Waals surface area (Å²) in [5, 5.41) is 4.85. The van der Waals surface area contributed by atoms with Crippen LogP contribution in [-0.4, -0.2) is 30.8 Å². The molecular weight excluding hydrogens is 280 g/mol. The van der Waals surface area contributed by atoms with Crippen molar-refractivity contribution in [2.24, 2.45) is 0 Å². The van der Waals surface area contributed by atoms with Crippen LogP contribution < -0.4 is 5.32 Å². The first-order valence-electron chi connectivity index (χ1n) is 7.99. The zero-order chi connectivity index (χ0) is 14.9. The molecule has 1 N–H and O–H groups in total. The molecule has 0 radical (unpaired) electrons. The third kappa shape index (κ3) is 5.38. The van der Waals surface area contributed by atoms with E-state index in [1.165, 1.54) is 9.71 Å². The van der Waals surface area contributed by atoms with E-state index < -0.39 is 0 Å². The Hall–Kier alpha value is -0.970. The van der Waals surface area contributed by atoms with Gasteiger partial charge in [-0.1, -0.05) is 26.0 Å². The molecule has 1 unspecified atom stereocenters. The maximum atomic E-state index is 5.63. The number of benzene rings is 1. The average molecular weight is 306 g/mol. The topological polar surface area (TPSA) is 34.1 Å². The van der Waals surface area contributed by atoms with E-state index in [1.807, 2.05) is 11.3 Å². The van der Waals surface area contributed by atoms with Gasteiger partial charge in [-0.15, -0.1) is 11.3 Å². The van der Waals surface area contributed by atoms with Crippen LogP contribution in [0.5, 0.6) is 0 Å². The van der Waals surface area contributed by atoms with Gasteiger partial charge in [-0.05, 0) is 37.9 Å². The normalized spacial score (nSPS) is 12.9. The van der Waals surface area contributed by atoms with E-state index in [0.717, 1.165) is 51.0 Å². The predicted octanol–water partition coefficient (Wildman–Crippen LogP) is 4.02. The van der Waals surface area contributed by atoms with Gasteiger partial charge in [-0.3, -0.25) is 0 Å². The number of nitrogens with zero attached hydrogens (tertiary/aromatic N) is 1. The number of rotatable bonds is 10. The fraction of sp³-hybridized carbons (Fsp3) is 0.588. The molecule has 0 aliphatic rings. The first kappa shape index (κ1) is 16.4. The molecule has 1 heterocycles. The summed E-state index contributed by atoms with van der Waals surface area (Å²) < 4.78 is 6.91. The van der Waals surface area contributed by atoms with Crippen molar-refractivity contribution in [1.29, 1.82) is 0 Å². The second-order valence-corrected chi connectivity index (χ2v) is 6.45. The summed E-state index contributed by atoms with van der Waals surface area (Å²) in [5.41, 5.74) is 1.12. The fourth-order valence-electron chi connectivity index (χ4n) is 2.31. The maximum absolute atomic E-state index is 5.63. The molecule has 1 aromatic carbocycles. The van der Waals surface area contributed by atoms with Crippen LogP contribution in [0.4, 0.5) is 0 Å². The summed E-state index contributed by atoms with van der Waals surface area (Å²) in [7, 11) is 0. The minimum Gasteiger partial charge on any atom is -0.381 e. The van der Waals surface area contributed by atoms with Crippen molar-refractivity contribution in [3.05, 3.63) is 29.3 Å². The van der Waals surface area contributed by atoms with Crippen molar-refractivity contribution in [3.8, 4) is 0 Å². The Bertz CT molecular complexity index is 493. The molecule has 1 aromatic heterocycles. The number of para-hydroxylation sites is 1. The minimum atomic E-state index is 0.461. The van der Waals surface area contributed by atoms with E-state index in [1.54, 1.807) is 0 Å². The van der Waals surface area contributed by atoms with Crippen LogP contribution in [-0.2, 0) is 11.2 Å². The van der Waals surface area contributed by atoms with E-state index in [2.05, 4.69) is 43.4 Å². The van der Waals surface area contributed by atoms with E-state index in [4.69, 9.17) is 9.72 Å². The zero-order valence-corrected chi connectivity index (χ0v) is 13.9. The Morgan fingerprint density at radius 2 is 2.05 bits per heavy atom. The molecular formula is C17H26N2OS. The van der Waals surface area contributed by atoms with Gasteiger partial charge in [0.15, 0.2) is 0 Å². The van der Waals surface area contributed by atoms with Gasteiger partial charge in [-0.25, -0.2) is 4.98 Å². The van der Waals surface area contributed by atoms with Gasteiger partial charge in [-0.2, -0.15) is 0 Å². The standard InChI is InChI=1S/C17H26N2OS/c1-3-10-18-14(9-12-20-11-4-2)13-17-19-15-7-5-6-8-16(15)21-17/h5-8,14,18H,3-4,9-13H2,1-2H3. The average Bonchev–Trinajstić information content (AvgIpc) is 2.91. The Morgan fingerprint density at radius 3 is 2.81 bits per heavy atom. The molecule has 0 saturated heterocycles. The summed E-state index contributed by atoms with van der Waals surface area (Å²) >= 11 is 1.81. The Kier molecular flexibility index (Phi) is 7.13. The Morgan fingerprint density at radius 1 is 1.19 bits per heavy atom. The first-order chi connectivity index (χ1) is 10.3. The predicted molar refractivity (Wildman–Crippen MR) is 91.1 cm³/mol. The molecule has 3 nitrogen and oxygen atoms in total. The first-order valence-corrected chi connectivity index (χ1v) is 8.80. The van der Waals surface area contributed by atoms with Crippen molar-refractivity contribution in [2.45, 2.75) is 45.6 Å². The molecule has 0 aliphatic heterocycles. The number of hydrogen-bond donors (Lipinski definition) is 1. The monoisotopic (exact) mass is 306 g/mol. The molecule has 0 bridgehead atoms. The van der Waals surface area contributed by atoms with Crippen LogP contribution in [0.15, 0.2) is 24.3 Å². The highest BCUT2D eigenvalue weighted by Gasteiger charge is 2.12. The molecule has 4 heteroatoms. The quantitative estimate of drug-likeness (QED) is 0.673. The zero-order valence-electron chi connectivity index (χ0n) is 13.1. The maximum Gasteiger partial charge on any atom is 0.0954 e. The summed E-state index contributed by atoms with van der Waals surface area (Å²) in [5.74, 6) is 0. The molecule has 116 valence electrons. The summed E-state index contributed by atoms with van der Waals surface area (Å²) in [6, 6.07) is 8.83. The van der Waals surface area contributed by atoms with Gasteiger partial charge >= 0.3 is 0 Å². The number of aromatic nitrogens is 1. The van der Waals surface area contributed by atoms with Gasteiger partial charge < -0.3 is 10.1 Å². The van der Waals surface area contributed by atoms with Crippen LogP contribution in [0.25, 0.3) is 10.2 Å². The molecule has 0 spiro atoms. The van der Waals surface area contributed by atoms with E-state index >= 15 is 0 Å². The largest absolute Gasteiger partial charge is 0.381 e. The van der Waals surface area contributed by atoms with Gasteiger partial charge in [0.1, 0.15) is 0 Å². The molecule has 21 heavy (non-hydrogen) atoms. The van der Waals surface area contributed by atoms with Gasteiger partial charge in [0.25, 0.3) is 0 Å². The van der Waals surface area contributed by atoms with E-state index in [0.29, 0.717) is 6.04 Å². The van der Waals surface area contributed by atoms with Gasteiger partial charge in [0, 0.05) is 25.7 Å². The smallest absolute Gasteiger partial charge is 0.0954 e. The Balaban J connectivity index is 1.92. The molecule has 2 aromatic rings. The molecule has 1 atom stereocenters. The lowest BCUT2D eigenvalue weighted by atomic mass is 10.1. The number of nitrogens with one attached hydrogen (secondary N) is 1. The lowest BCUT2D eigenvalue weighted by Gasteiger charge is -2.17. The Labute approximate surface area is 131 Å². The summed E-state index contributed by atoms with van der Waals surface area (Å²) in [4.78, 5) is 4.74. The van der Waals surface area contributed by atoms with Crippen LogP contribution in [0.3, 0.4) is 0 Å². The van der Waals surface area contributed by atoms with Crippen LogP contribution >= 0.6 is 11.3 Å². The van der Waals surface area contributed by atoms with Gasteiger partial charge in [0.05, 0.1) is 15.2 Å². The van der Waals surface area contributed by atoms with Crippen LogP contribution in [0.2, 0.25) is 0 Å². The van der Waals surface area contributed by atoms with E-state index in [9.17, 15) is 0 Å².